The summed E-state index contributed by atoms with van der Waals surface area (Å²) in [6.07, 6.45) is 13.1. The smallest absolute Gasteiger partial charge is 0.179 e. The Morgan fingerprint density at radius 2 is 1.34 bits per heavy atom. The minimum absolute atomic E-state index is 0.0333. The van der Waals surface area contributed by atoms with Gasteiger partial charge in [0.1, 0.15) is 28.1 Å². The molecule has 0 atom stereocenters. The Morgan fingerprint density at radius 3 is 2.24 bits per heavy atom. The number of hydrogen-bond donors (Lipinski definition) is 0. The van der Waals surface area contributed by atoms with Gasteiger partial charge in [0.15, 0.2) is 11.4 Å². The zero-order chi connectivity index (χ0) is 37.7. The van der Waals surface area contributed by atoms with Gasteiger partial charge in [0, 0.05) is 44.9 Å². The van der Waals surface area contributed by atoms with Crippen LogP contribution in [0.2, 0.25) is 0 Å². The molecule has 9 aromatic rings. The summed E-state index contributed by atoms with van der Waals surface area (Å²) in [4.78, 5) is 11.1. The topological polar surface area (TPSA) is 52.1 Å². The predicted octanol–water partition coefficient (Wildman–Crippen LogP) is 14.0. The molecule has 6 aliphatic rings. The van der Waals surface area contributed by atoms with Gasteiger partial charge in [-0.15, -0.1) is 0 Å². The van der Waals surface area contributed by atoms with E-state index in [1.807, 2.05) is 0 Å². The maximum atomic E-state index is 6.73. The van der Waals surface area contributed by atoms with Crippen molar-refractivity contribution in [3.8, 4) is 44.9 Å². The molecule has 1 spiro atoms. The summed E-state index contributed by atoms with van der Waals surface area (Å²) in [7, 11) is 0. The SMILES string of the molecule is C1=Cc2c(oc3c(-c4ccc5ccccc5c4)nc(-c4ccc5c(c4-c4ccc6c(c4)oc4ccccc46)-c4ccccc4C54C5CC6CC(C5)CC4C6)nc23)CC1. The maximum Gasteiger partial charge on any atom is 0.179 e. The molecular formula is C54H40N2O2. The van der Waals surface area contributed by atoms with E-state index in [0.29, 0.717) is 11.8 Å². The lowest BCUT2D eigenvalue weighted by molar-refractivity contribution is -0.0399. The lowest BCUT2D eigenvalue weighted by atomic mass is 9.43. The van der Waals surface area contributed by atoms with E-state index in [4.69, 9.17) is 18.8 Å². The first-order valence-electron chi connectivity index (χ1n) is 21.4. The van der Waals surface area contributed by atoms with Crippen LogP contribution in [0.3, 0.4) is 0 Å². The van der Waals surface area contributed by atoms with Crippen molar-refractivity contribution in [1.29, 1.82) is 0 Å². The van der Waals surface area contributed by atoms with Gasteiger partial charge in [-0.2, -0.15) is 0 Å². The van der Waals surface area contributed by atoms with Crippen molar-refractivity contribution in [2.45, 2.75) is 50.4 Å². The number of aromatic nitrogens is 2. The van der Waals surface area contributed by atoms with E-state index in [0.717, 1.165) is 97.2 Å². The van der Waals surface area contributed by atoms with Crippen LogP contribution in [-0.2, 0) is 11.8 Å². The monoisotopic (exact) mass is 748 g/mol. The lowest BCUT2D eigenvalue weighted by Gasteiger charge is -2.61. The molecule has 3 heterocycles. The molecule has 0 N–H and O–H groups in total. The minimum atomic E-state index is 0.0333. The van der Waals surface area contributed by atoms with Gasteiger partial charge in [0.2, 0.25) is 0 Å². The normalized spacial score (nSPS) is 23.7. The number of aryl methyl sites for hydroxylation is 1. The molecule has 0 radical (unpaired) electrons. The molecule has 0 saturated heterocycles. The van der Waals surface area contributed by atoms with Crippen molar-refractivity contribution < 1.29 is 8.83 Å². The zero-order valence-electron chi connectivity index (χ0n) is 32.2. The van der Waals surface area contributed by atoms with Gasteiger partial charge < -0.3 is 8.83 Å². The molecule has 6 aromatic carbocycles. The lowest BCUT2D eigenvalue weighted by Crippen LogP contribution is -2.55. The Hall–Kier alpha value is -6.26. The maximum absolute atomic E-state index is 6.73. The summed E-state index contributed by atoms with van der Waals surface area (Å²) in [5, 5.41) is 4.67. The first-order valence-corrected chi connectivity index (χ1v) is 21.4. The number of fused-ring (bicyclic) bond motifs is 10. The molecule has 4 bridgehead atoms. The van der Waals surface area contributed by atoms with E-state index in [-0.39, 0.29) is 5.41 Å². The molecule has 3 aromatic heterocycles. The fourth-order valence-electron chi connectivity index (χ4n) is 13.1. The van der Waals surface area contributed by atoms with E-state index in [1.54, 1.807) is 5.56 Å². The average Bonchev–Trinajstić information content (AvgIpc) is 3.93. The first kappa shape index (κ1) is 31.8. The van der Waals surface area contributed by atoms with Gasteiger partial charge in [-0.1, -0.05) is 109 Å². The van der Waals surface area contributed by atoms with Crippen molar-refractivity contribution >= 4 is 49.9 Å². The molecule has 0 aliphatic heterocycles. The fourth-order valence-corrected chi connectivity index (χ4v) is 13.1. The Bertz CT molecular complexity index is 3240. The summed E-state index contributed by atoms with van der Waals surface area (Å²) in [5.74, 6) is 4.81. The molecule has 4 nitrogen and oxygen atoms in total. The van der Waals surface area contributed by atoms with Crippen molar-refractivity contribution in [3.63, 3.8) is 0 Å². The molecule has 278 valence electrons. The van der Waals surface area contributed by atoms with Crippen LogP contribution >= 0.6 is 0 Å². The summed E-state index contributed by atoms with van der Waals surface area (Å²) in [6, 6.07) is 44.8. The highest BCUT2D eigenvalue weighted by atomic mass is 16.3. The van der Waals surface area contributed by atoms with Gasteiger partial charge in [-0.3, -0.25) is 0 Å². The van der Waals surface area contributed by atoms with E-state index in [2.05, 4.69) is 133 Å². The highest BCUT2D eigenvalue weighted by Gasteiger charge is 2.62. The molecular weight excluding hydrogens is 709 g/mol. The number of benzene rings is 6. The highest BCUT2D eigenvalue weighted by Crippen LogP contribution is 2.70. The molecule has 0 unspecified atom stereocenters. The van der Waals surface area contributed by atoms with Crippen LogP contribution in [0, 0.1) is 23.7 Å². The molecule has 4 heteroatoms. The molecule has 0 amide bonds. The number of allylic oxidation sites excluding steroid dienone is 1. The largest absolute Gasteiger partial charge is 0.456 e. The zero-order valence-corrected chi connectivity index (χ0v) is 32.2. The van der Waals surface area contributed by atoms with E-state index >= 15 is 0 Å². The van der Waals surface area contributed by atoms with Gasteiger partial charge in [0.05, 0.1) is 0 Å². The van der Waals surface area contributed by atoms with Crippen molar-refractivity contribution in [1.82, 2.24) is 9.97 Å². The second kappa shape index (κ2) is 11.4. The average molecular weight is 749 g/mol. The van der Waals surface area contributed by atoms with Crippen LogP contribution in [0.4, 0.5) is 0 Å². The molecule has 15 rings (SSSR count). The minimum Gasteiger partial charge on any atom is -0.456 e. The van der Waals surface area contributed by atoms with E-state index in [9.17, 15) is 0 Å². The van der Waals surface area contributed by atoms with Crippen LogP contribution in [-0.4, -0.2) is 9.97 Å². The summed E-state index contributed by atoms with van der Waals surface area (Å²) < 4.78 is 13.3. The van der Waals surface area contributed by atoms with Crippen LogP contribution < -0.4 is 0 Å². The van der Waals surface area contributed by atoms with Crippen LogP contribution in [0.25, 0.3) is 94.8 Å². The number of hydrogen-bond acceptors (Lipinski definition) is 4. The number of para-hydroxylation sites is 1. The Balaban J connectivity index is 1.08. The second-order valence-electron chi connectivity index (χ2n) is 18.0. The Morgan fingerprint density at radius 1 is 0.569 bits per heavy atom. The standard InChI is InChI=1S/C54H40N2O2/c1-2-10-33-28-35(18-17-32(33)9-1)50-52-51(41-13-5-8-16-46(41)58-52)56-53(55-50)42-21-22-44-49(48(42)34-19-20-39-38-11-4-7-15-45(38)57-47(39)29-34)40-12-3-6-14-43(40)54(44)36-24-30-23-31(26-36)27-37(54)25-30/h1-7,9-15,17-22,28-31,36-37H,8,16,23-27H2. The third-order valence-corrected chi connectivity index (χ3v) is 15.1. The number of nitrogens with zero attached hydrogens (tertiary/aromatic N) is 2. The van der Waals surface area contributed by atoms with E-state index in [1.165, 1.54) is 65.1 Å². The fraction of sp³-hybridized carbons (Fsp3) is 0.222. The van der Waals surface area contributed by atoms with Crippen LogP contribution in [0.5, 0.6) is 0 Å². The summed E-state index contributed by atoms with van der Waals surface area (Å²) in [5.41, 5.74) is 15.6. The highest BCUT2D eigenvalue weighted by molar-refractivity contribution is 6.08. The quantitative estimate of drug-likeness (QED) is 0.181. The summed E-state index contributed by atoms with van der Waals surface area (Å²) in [6.45, 7) is 0. The number of furan rings is 2. The second-order valence-corrected chi connectivity index (χ2v) is 18.0. The van der Waals surface area contributed by atoms with Crippen molar-refractivity contribution in [3.05, 3.63) is 150 Å². The predicted molar refractivity (Wildman–Crippen MR) is 234 cm³/mol. The van der Waals surface area contributed by atoms with Crippen LogP contribution in [0.15, 0.2) is 136 Å². The molecule has 6 aliphatic carbocycles. The van der Waals surface area contributed by atoms with Gasteiger partial charge in [-0.25, -0.2) is 9.97 Å². The van der Waals surface area contributed by atoms with E-state index < -0.39 is 0 Å². The molecule has 58 heavy (non-hydrogen) atoms. The third kappa shape index (κ3) is 4.15. The van der Waals surface area contributed by atoms with Crippen molar-refractivity contribution in [2.24, 2.45) is 23.7 Å². The summed E-state index contributed by atoms with van der Waals surface area (Å²) >= 11 is 0. The van der Waals surface area contributed by atoms with Gasteiger partial charge >= 0.3 is 0 Å². The van der Waals surface area contributed by atoms with Gasteiger partial charge in [0.25, 0.3) is 0 Å². The first-order chi connectivity index (χ1) is 28.7. The van der Waals surface area contributed by atoms with Crippen molar-refractivity contribution in [2.75, 3.05) is 0 Å². The van der Waals surface area contributed by atoms with Gasteiger partial charge in [-0.05, 0) is 125 Å². The Labute approximate surface area is 336 Å². The third-order valence-electron chi connectivity index (χ3n) is 15.1. The molecule has 4 saturated carbocycles. The Kier molecular flexibility index (Phi) is 6.27. The van der Waals surface area contributed by atoms with Crippen LogP contribution in [0.1, 0.15) is 61.0 Å². The number of rotatable bonds is 3. The molecule has 4 fully saturated rings.